The van der Waals surface area contributed by atoms with Gasteiger partial charge in [0.2, 0.25) is 5.91 Å². The van der Waals surface area contributed by atoms with Crippen LogP contribution in [-0.4, -0.2) is 66.9 Å². The van der Waals surface area contributed by atoms with Crippen molar-refractivity contribution in [1.82, 2.24) is 10.2 Å². The number of rotatable bonds is 9. The molecule has 0 saturated carbocycles. The number of nitrogens with zero attached hydrogens (tertiary/aromatic N) is 1. The summed E-state index contributed by atoms with van der Waals surface area (Å²) in [6.45, 7) is 2.52. The fourth-order valence-electron chi connectivity index (χ4n) is 5.17. The van der Waals surface area contributed by atoms with Gasteiger partial charge in [0.1, 0.15) is 12.5 Å². The lowest BCUT2D eigenvalue weighted by molar-refractivity contribution is -0.144. The number of ether oxygens (including phenoxy) is 2. The van der Waals surface area contributed by atoms with Crippen molar-refractivity contribution in [3.05, 3.63) is 59.7 Å². The van der Waals surface area contributed by atoms with E-state index in [1.165, 1.54) is 12.0 Å². The number of aliphatic carboxylic acids is 1. The molecule has 2 N–H and O–H groups in total. The van der Waals surface area contributed by atoms with Crippen LogP contribution in [0.3, 0.4) is 0 Å². The number of nitrogens with one attached hydrogen (secondary N) is 1. The van der Waals surface area contributed by atoms with Crippen LogP contribution >= 0.6 is 0 Å². The molecule has 0 bridgehead atoms. The van der Waals surface area contributed by atoms with E-state index in [1.54, 1.807) is 0 Å². The van der Waals surface area contributed by atoms with Crippen LogP contribution in [0.25, 0.3) is 11.1 Å². The monoisotopic (exact) mass is 480 g/mol. The van der Waals surface area contributed by atoms with Crippen molar-refractivity contribution in [2.75, 3.05) is 26.8 Å². The van der Waals surface area contributed by atoms with Gasteiger partial charge in [0.15, 0.2) is 0 Å². The number of carbonyl (C=O) groups excluding carboxylic acids is 2. The maximum absolute atomic E-state index is 12.9. The van der Waals surface area contributed by atoms with Crippen molar-refractivity contribution < 1.29 is 29.0 Å². The number of alkyl carbamates (subject to hydrolysis) is 1. The number of amides is 2. The van der Waals surface area contributed by atoms with Gasteiger partial charge in [0.05, 0.1) is 6.10 Å². The lowest BCUT2D eigenvalue weighted by Gasteiger charge is -2.22. The zero-order valence-corrected chi connectivity index (χ0v) is 20.1. The summed E-state index contributed by atoms with van der Waals surface area (Å²) in [6, 6.07) is 15.9. The Balaban J connectivity index is 1.35. The minimum Gasteiger partial charge on any atom is -0.481 e. The lowest BCUT2D eigenvalue weighted by Crippen LogP contribution is -2.41. The smallest absolute Gasteiger partial charge is 0.407 e. The van der Waals surface area contributed by atoms with Gasteiger partial charge >= 0.3 is 12.1 Å². The summed E-state index contributed by atoms with van der Waals surface area (Å²) in [6.07, 6.45) is 0.384. The van der Waals surface area contributed by atoms with E-state index in [4.69, 9.17) is 9.47 Å². The van der Waals surface area contributed by atoms with E-state index < -0.39 is 30.1 Å². The maximum atomic E-state index is 12.9. The van der Waals surface area contributed by atoms with Crippen molar-refractivity contribution in [2.24, 2.45) is 5.92 Å². The van der Waals surface area contributed by atoms with Crippen LogP contribution in [0.5, 0.6) is 0 Å². The number of hydrogen-bond acceptors (Lipinski definition) is 5. The van der Waals surface area contributed by atoms with Crippen LogP contribution in [0, 0.1) is 5.92 Å². The fourth-order valence-corrected chi connectivity index (χ4v) is 5.17. The highest BCUT2D eigenvalue weighted by Crippen LogP contribution is 2.44. The number of carbonyl (C=O) groups is 3. The highest BCUT2D eigenvalue weighted by Gasteiger charge is 2.40. The number of benzene rings is 2. The third-order valence-electron chi connectivity index (χ3n) is 6.96. The maximum Gasteiger partial charge on any atom is 0.407 e. The van der Waals surface area contributed by atoms with E-state index in [2.05, 4.69) is 29.6 Å². The van der Waals surface area contributed by atoms with E-state index in [0.29, 0.717) is 6.42 Å². The minimum atomic E-state index is -0.978. The topological polar surface area (TPSA) is 105 Å². The molecule has 2 aromatic rings. The van der Waals surface area contributed by atoms with Gasteiger partial charge in [-0.3, -0.25) is 9.59 Å². The molecule has 0 aromatic heterocycles. The molecule has 1 aliphatic carbocycles. The molecule has 0 spiro atoms. The highest BCUT2D eigenvalue weighted by atomic mass is 16.5. The van der Waals surface area contributed by atoms with E-state index in [9.17, 15) is 19.5 Å². The molecule has 1 heterocycles. The Morgan fingerprint density at radius 3 is 2.23 bits per heavy atom. The number of carboxylic acids is 1. The molecule has 8 heteroatoms. The Hall–Kier alpha value is -3.39. The van der Waals surface area contributed by atoms with Gasteiger partial charge in [-0.1, -0.05) is 61.9 Å². The van der Waals surface area contributed by atoms with E-state index in [-0.39, 0.29) is 37.9 Å². The van der Waals surface area contributed by atoms with Crippen molar-refractivity contribution in [2.45, 2.75) is 44.2 Å². The van der Waals surface area contributed by atoms with Gasteiger partial charge in [0, 0.05) is 38.6 Å². The molecule has 35 heavy (non-hydrogen) atoms. The average Bonchev–Trinajstić information content (AvgIpc) is 3.43. The molecule has 1 aliphatic heterocycles. The number of carboxylic acid groups (broad SMARTS) is 1. The Bertz CT molecular complexity index is 1040. The van der Waals surface area contributed by atoms with Gasteiger partial charge in [-0.15, -0.1) is 0 Å². The van der Waals surface area contributed by atoms with Crippen molar-refractivity contribution in [3.63, 3.8) is 0 Å². The first-order chi connectivity index (χ1) is 16.9. The van der Waals surface area contributed by atoms with Crippen molar-refractivity contribution >= 4 is 18.0 Å². The summed E-state index contributed by atoms with van der Waals surface area (Å²) in [5.41, 5.74) is 4.59. The molecule has 1 saturated heterocycles. The predicted molar refractivity (Wildman–Crippen MR) is 130 cm³/mol. The first kappa shape index (κ1) is 24.7. The first-order valence-electron chi connectivity index (χ1n) is 12.1. The fraction of sp³-hybridized carbons (Fsp3) is 0.444. The number of hydrogen-bond donors (Lipinski definition) is 2. The second-order valence-electron chi connectivity index (χ2n) is 9.18. The molecule has 2 aromatic carbocycles. The lowest BCUT2D eigenvalue weighted by atomic mass is 9.98. The van der Waals surface area contributed by atoms with Crippen molar-refractivity contribution in [1.29, 1.82) is 0 Å². The summed E-state index contributed by atoms with van der Waals surface area (Å²) in [4.78, 5) is 38.5. The van der Waals surface area contributed by atoms with Gasteiger partial charge in [-0.2, -0.15) is 0 Å². The van der Waals surface area contributed by atoms with E-state index in [0.717, 1.165) is 28.7 Å². The van der Waals surface area contributed by atoms with E-state index >= 15 is 0 Å². The minimum absolute atomic E-state index is 0.0389. The summed E-state index contributed by atoms with van der Waals surface area (Å²) < 4.78 is 10.9. The summed E-state index contributed by atoms with van der Waals surface area (Å²) >= 11 is 0. The highest BCUT2D eigenvalue weighted by molar-refractivity contribution is 5.81. The molecule has 3 atom stereocenters. The average molecular weight is 481 g/mol. The van der Waals surface area contributed by atoms with Gasteiger partial charge in [-0.05, 0) is 28.7 Å². The molecule has 186 valence electrons. The van der Waals surface area contributed by atoms with Gasteiger partial charge in [-0.25, -0.2) is 4.79 Å². The second kappa shape index (κ2) is 10.9. The third-order valence-corrected chi connectivity index (χ3v) is 6.96. The summed E-state index contributed by atoms with van der Waals surface area (Å²) in [5, 5.41) is 12.2. The standard InChI is InChI=1S/C27H32N2O6/c1-3-8-17(13-25(30)29-14-22(26(31)32)24(15-29)34-2)28-27(33)35-16-23-20-11-6-4-9-18(20)19-10-5-7-12-21(19)23/h4-7,9-12,17,22-24H,3,8,13-16H2,1-2H3,(H,28,33)(H,31,32)/t17-,22?,24?/m0/s1. The Morgan fingerprint density at radius 1 is 1.06 bits per heavy atom. The molecule has 8 nitrogen and oxygen atoms in total. The van der Waals surface area contributed by atoms with Crippen LogP contribution in [0.4, 0.5) is 4.79 Å². The van der Waals surface area contributed by atoms with Gasteiger partial charge < -0.3 is 24.8 Å². The molecule has 4 rings (SSSR count). The number of likely N-dealkylation sites (tertiary alicyclic amines) is 1. The predicted octanol–water partition coefficient (Wildman–Crippen LogP) is 3.64. The van der Waals surface area contributed by atoms with E-state index in [1.807, 2.05) is 31.2 Å². The SMILES string of the molecule is CCC[C@@H](CC(=O)N1CC(OC)C(C(=O)O)C1)NC(=O)OCC1c2ccccc2-c2ccccc21. The number of fused-ring (bicyclic) bond motifs is 3. The Morgan fingerprint density at radius 2 is 1.69 bits per heavy atom. The summed E-state index contributed by atoms with van der Waals surface area (Å²) in [7, 11) is 1.45. The van der Waals surface area contributed by atoms with Gasteiger partial charge in [0.25, 0.3) is 0 Å². The normalized spacial score (nSPS) is 19.7. The van der Waals surface area contributed by atoms with Crippen molar-refractivity contribution in [3.8, 4) is 11.1 Å². The Kier molecular flexibility index (Phi) is 7.70. The molecule has 0 radical (unpaired) electrons. The first-order valence-corrected chi connectivity index (χ1v) is 12.1. The van der Waals surface area contributed by atoms with Crippen LogP contribution in [0.1, 0.15) is 43.2 Å². The van der Waals surface area contributed by atoms with Crippen LogP contribution < -0.4 is 5.32 Å². The largest absolute Gasteiger partial charge is 0.481 e. The molecule has 2 unspecified atom stereocenters. The van der Waals surface area contributed by atoms with Crippen LogP contribution in [0.15, 0.2) is 48.5 Å². The second-order valence-corrected chi connectivity index (χ2v) is 9.18. The number of methoxy groups -OCH3 is 1. The van der Waals surface area contributed by atoms with Crippen LogP contribution in [0.2, 0.25) is 0 Å². The van der Waals surface area contributed by atoms with Crippen LogP contribution in [-0.2, 0) is 19.1 Å². The summed E-state index contributed by atoms with van der Waals surface area (Å²) in [5.74, 6) is -1.96. The molecular formula is C27H32N2O6. The molecular weight excluding hydrogens is 448 g/mol. The zero-order valence-electron chi connectivity index (χ0n) is 20.1. The zero-order chi connectivity index (χ0) is 24.9. The third kappa shape index (κ3) is 5.32. The molecule has 1 fully saturated rings. The Labute approximate surface area is 205 Å². The quantitative estimate of drug-likeness (QED) is 0.568. The molecule has 2 amide bonds. The molecule has 2 aliphatic rings.